The van der Waals surface area contributed by atoms with Crippen LogP contribution in [-0.2, 0) is 0 Å². The fraction of sp³-hybridized carbons (Fsp3) is 0.240. The van der Waals surface area contributed by atoms with Gasteiger partial charge in [0.15, 0.2) is 16.9 Å². The van der Waals surface area contributed by atoms with Gasteiger partial charge in [0.25, 0.3) is 0 Å². The predicted octanol–water partition coefficient (Wildman–Crippen LogP) is 3.03. The zero-order chi connectivity index (χ0) is 24.5. The van der Waals surface area contributed by atoms with Crippen LogP contribution in [-0.4, -0.2) is 75.6 Å². The van der Waals surface area contributed by atoms with Gasteiger partial charge in [-0.25, -0.2) is 4.99 Å². The van der Waals surface area contributed by atoms with E-state index in [4.69, 9.17) is 10.8 Å². The van der Waals surface area contributed by atoms with Crippen molar-refractivity contribution >= 4 is 28.7 Å². The van der Waals surface area contributed by atoms with E-state index in [1.165, 1.54) is 11.8 Å². The van der Waals surface area contributed by atoms with Crippen molar-refractivity contribution in [3.8, 4) is 11.3 Å². The summed E-state index contributed by atoms with van der Waals surface area (Å²) < 4.78 is 0. The molecule has 0 amide bonds. The number of thioether (sulfide) groups is 1. The quantitative estimate of drug-likeness (QED) is 0.228. The molecule has 35 heavy (non-hydrogen) atoms. The largest absolute Gasteiger partial charge is 0.395 e. The molecule has 2 heterocycles. The number of β-amino-alcohol motifs (C(OH)–C–C–N with tert-alkyl or cyclic N) is 1. The van der Waals surface area contributed by atoms with Crippen LogP contribution in [0.2, 0.25) is 0 Å². The molecule has 5 N–H and O–H groups in total. The second-order valence-corrected chi connectivity index (χ2v) is 8.98. The van der Waals surface area contributed by atoms with Crippen LogP contribution < -0.4 is 11.1 Å². The predicted molar refractivity (Wildman–Crippen MR) is 143 cm³/mol. The highest BCUT2D eigenvalue weighted by Crippen LogP contribution is 2.23. The summed E-state index contributed by atoms with van der Waals surface area (Å²) in [5.41, 5.74) is 8.30. The maximum absolute atomic E-state index is 9.16. The number of aliphatic imine (C=N–C) groups is 2. The van der Waals surface area contributed by atoms with Crippen LogP contribution in [0, 0.1) is 0 Å². The lowest BCUT2D eigenvalue weighted by atomic mass is 10.2. The molecule has 2 aromatic carbocycles. The van der Waals surface area contributed by atoms with Crippen molar-refractivity contribution in [2.75, 3.05) is 44.6 Å². The summed E-state index contributed by atoms with van der Waals surface area (Å²) >= 11 is 1.41. The molecular weight excluding hydrogens is 460 g/mol. The number of piperazine rings is 1. The van der Waals surface area contributed by atoms with Crippen molar-refractivity contribution in [3.63, 3.8) is 0 Å². The fourth-order valence-corrected chi connectivity index (χ4v) is 4.42. The third-order valence-electron chi connectivity index (χ3n) is 5.44. The molecule has 4 rings (SSSR count). The van der Waals surface area contributed by atoms with Crippen LogP contribution in [0.25, 0.3) is 11.3 Å². The van der Waals surface area contributed by atoms with Crippen molar-refractivity contribution in [3.05, 3.63) is 79.1 Å². The molecule has 0 atom stereocenters. The first-order valence-electron chi connectivity index (χ1n) is 11.4. The minimum Gasteiger partial charge on any atom is -0.395 e. The van der Waals surface area contributed by atoms with Crippen molar-refractivity contribution in [1.82, 2.24) is 20.0 Å². The maximum Gasteiger partial charge on any atom is 0.198 e. The Balaban J connectivity index is 1.48. The Kier molecular flexibility index (Phi) is 8.55. The first-order chi connectivity index (χ1) is 17.1. The molecule has 0 unspecified atom stereocenters. The molecular formula is C25H30N8OS. The SMILES string of the molecule is C=C(N=C(N=C(N)N1CCN(CCO)CC1)Sc1ccccc1)Nc1cc(-c2ccccc2)[nH]n1. The number of benzene rings is 2. The van der Waals surface area contributed by atoms with E-state index in [0.717, 1.165) is 42.3 Å². The van der Waals surface area contributed by atoms with E-state index < -0.39 is 0 Å². The van der Waals surface area contributed by atoms with E-state index in [9.17, 15) is 0 Å². The summed E-state index contributed by atoms with van der Waals surface area (Å²) in [4.78, 5) is 14.5. The molecule has 182 valence electrons. The summed E-state index contributed by atoms with van der Waals surface area (Å²) in [6.07, 6.45) is 0. The second-order valence-electron chi connectivity index (χ2n) is 7.94. The molecule has 3 aromatic rings. The van der Waals surface area contributed by atoms with E-state index in [1.54, 1.807) is 0 Å². The lowest BCUT2D eigenvalue weighted by Crippen LogP contribution is -2.51. The molecule has 10 heteroatoms. The minimum absolute atomic E-state index is 0.159. The molecule has 1 aliphatic heterocycles. The van der Waals surface area contributed by atoms with Crippen LogP contribution in [0.1, 0.15) is 0 Å². The summed E-state index contributed by atoms with van der Waals surface area (Å²) in [6, 6.07) is 21.8. The number of nitrogens with one attached hydrogen (secondary N) is 2. The maximum atomic E-state index is 9.16. The van der Waals surface area contributed by atoms with Gasteiger partial charge in [0.05, 0.1) is 12.3 Å². The van der Waals surface area contributed by atoms with Gasteiger partial charge in [-0.1, -0.05) is 55.1 Å². The lowest BCUT2D eigenvalue weighted by Gasteiger charge is -2.34. The number of anilines is 1. The number of nitrogens with two attached hydrogens (primary N) is 1. The van der Waals surface area contributed by atoms with Crippen LogP contribution in [0.4, 0.5) is 5.82 Å². The molecule has 0 spiro atoms. The number of aliphatic hydroxyl groups excluding tert-OH is 1. The van der Waals surface area contributed by atoms with E-state index in [1.807, 2.05) is 71.6 Å². The van der Waals surface area contributed by atoms with E-state index in [-0.39, 0.29) is 6.61 Å². The highest BCUT2D eigenvalue weighted by molar-refractivity contribution is 8.14. The van der Waals surface area contributed by atoms with E-state index >= 15 is 0 Å². The van der Waals surface area contributed by atoms with Gasteiger partial charge < -0.3 is 21.1 Å². The van der Waals surface area contributed by atoms with Crippen molar-refractivity contribution in [2.45, 2.75) is 4.90 Å². The third kappa shape index (κ3) is 7.19. The molecule has 1 aliphatic rings. The first kappa shape index (κ1) is 24.5. The van der Waals surface area contributed by atoms with Crippen LogP contribution >= 0.6 is 11.8 Å². The number of hydrogen-bond donors (Lipinski definition) is 4. The molecule has 0 saturated carbocycles. The van der Waals surface area contributed by atoms with Crippen molar-refractivity contribution in [1.29, 1.82) is 0 Å². The molecule has 0 radical (unpaired) electrons. The molecule has 1 aromatic heterocycles. The number of aliphatic hydroxyl groups is 1. The Morgan fingerprint density at radius 1 is 1.06 bits per heavy atom. The van der Waals surface area contributed by atoms with E-state index in [2.05, 4.69) is 37.0 Å². The monoisotopic (exact) mass is 490 g/mol. The Hall–Kier alpha value is -3.60. The number of amidine groups is 1. The topological polar surface area (TPSA) is 118 Å². The lowest BCUT2D eigenvalue weighted by molar-refractivity contribution is 0.146. The van der Waals surface area contributed by atoms with Gasteiger partial charge in [0, 0.05) is 43.7 Å². The summed E-state index contributed by atoms with van der Waals surface area (Å²) in [5.74, 6) is 1.42. The molecule has 0 aliphatic carbocycles. The molecule has 1 fully saturated rings. The third-order valence-corrected chi connectivity index (χ3v) is 6.31. The normalized spacial score (nSPS) is 15.3. The molecule has 1 saturated heterocycles. The zero-order valence-electron chi connectivity index (χ0n) is 19.5. The number of rotatable bonds is 7. The highest BCUT2D eigenvalue weighted by Gasteiger charge is 2.18. The van der Waals surface area contributed by atoms with Crippen molar-refractivity contribution in [2.24, 2.45) is 15.7 Å². The summed E-state index contributed by atoms with van der Waals surface area (Å²) in [7, 11) is 0. The van der Waals surface area contributed by atoms with Crippen LogP contribution in [0.3, 0.4) is 0 Å². The van der Waals surface area contributed by atoms with E-state index in [0.29, 0.717) is 29.3 Å². The summed E-state index contributed by atoms with van der Waals surface area (Å²) in [6.45, 7) is 8.01. The van der Waals surface area contributed by atoms with Crippen LogP contribution in [0.15, 0.2) is 94.0 Å². The Morgan fingerprint density at radius 3 is 2.43 bits per heavy atom. The van der Waals surface area contributed by atoms with Gasteiger partial charge in [-0.2, -0.15) is 10.1 Å². The fourth-order valence-electron chi connectivity index (χ4n) is 3.62. The van der Waals surface area contributed by atoms with Gasteiger partial charge in [-0.15, -0.1) is 0 Å². The first-order valence-corrected chi connectivity index (χ1v) is 12.2. The number of nitrogens with zero attached hydrogens (tertiary/aromatic N) is 5. The van der Waals surface area contributed by atoms with Gasteiger partial charge in [-0.3, -0.25) is 10.00 Å². The highest BCUT2D eigenvalue weighted by atomic mass is 32.2. The Labute approximate surface area is 209 Å². The van der Waals surface area contributed by atoms with Gasteiger partial charge in [0.1, 0.15) is 5.82 Å². The number of H-pyrrole nitrogens is 1. The standard InChI is InChI=1S/C25H30N8OS/c1-19(27-23-18-22(30-31-23)20-8-4-2-5-9-20)28-25(35-21-10-6-3-7-11-21)29-24(26)33-14-12-32(13-15-33)16-17-34/h2-11,18,34H,1,12-17H2,(H2,26,28,29)(H2,27,30,31). The Morgan fingerprint density at radius 2 is 1.74 bits per heavy atom. The van der Waals surface area contributed by atoms with Gasteiger partial charge >= 0.3 is 0 Å². The Bertz CT molecular complexity index is 1150. The number of hydrogen-bond acceptors (Lipinski definition) is 6. The number of guanidine groups is 1. The van der Waals surface area contributed by atoms with Gasteiger partial charge in [0.2, 0.25) is 0 Å². The smallest absolute Gasteiger partial charge is 0.198 e. The van der Waals surface area contributed by atoms with Gasteiger partial charge in [-0.05, 0) is 29.5 Å². The minimum atomic E-state index is 0.159. The average molecular weight is 491 g/mol. The number of aromatic amines is 1. The van der Waals surface area contributed by atoms with Crippen LogP contribution in [0.5, 0.6) is 0 Å². The second kappa shape index (κ2) is 12.2. The number of aromatic nitrogens is 2. The van der Waals surface area contributed by atoms with Crippen molar-refractivity contribution < 1.29 is 5.11 Å². The molecule has 0 bridgehead atoms. The molecule has 9 nitrogen and oxygen atoms in total. The average Bonchev–Trinajstić information content (AvgIpc) is 3.34. The summed E-state index contributed by atoms with van der Waals surface area (Å²) in [5, 5.41) is 20.1. The zero-order valence-corrected chi connectivity index (χ0v) is 20.3.